The Balaban J connectivity index is 0.000000219. The van der Waals surface area contributed by atoms with Crippen molar-refractivity contribution in [3.63, 3.8) is 0 Å². The van der Waals surface area contributed by atoms with Crippen LogP contribution in [0.5, 0.6) is 23.0 Å². The lowest BCUT2D eigenvalue weighted by Gasteiger charge is -2.18. The van der Waals surface area contributed by atoms with Gasteiger partial charge in [-0.05, 0) is 113 Å². The third-order valence-electron chi connectivity index (χ3n) is 9.70. The number of hydrogen-bond donors (Lipinski definition) is 3. The van der Waals surface area contributed by atoms with E-state index in [1.54, 1.807) is 55.3 Å². The molecule has 0 radical (unpaired) electrons. The molecule has 0 spiro atoms. The van der Waals surface area contributed by atoms with Crippen LogP contribution in [0.3, 0.4) is 0 Å². The van der Waals surface area contributed by atoms with Gasteiger partial charge < -0.3 is 39.8 Å². The number of rotatable bonds is 20. The molecule has 0 bridgehead atoms. The number of benzene rings is 3. The van der Waals surface area contributed by atoms with Crippen molar-refractivity contribution in [3.05, 3.63) is 103 Å². The number of urea groups is 1. The van der Waals surface area contributed by atoms with Crippen molar-refractivity contribution < 1.29 is 28.1 Å². The summed E-state index contributed by atoms with van der Waals surface area (Å²) in [7, 11) is 7.38. The predicted molar refractivity (Wildman–Crippen MR) is 263 cm³/mol. The number of ether oxygens (including phenoxy) is 4. The fourth-order valence-corrected chi connectivity index (χ4v) is 10.5. The zero-order chi connectivity index (χ0) is 45.4. The molecule has 12 nitrogen and oxygen atoms in total. The standard InChI is InChI=1S/C26H27FN4O3S2.C21H27N3O2S2/c1-31(2)13-4-14-34-22-16-20-19(15-21(22)33-3)23(11-12-28-20)35-25-10-9-24(36-25)30-26(32)29-18-7-5-17(27)6-8-18;1-4-24(5-2)11-6-12-26-18-14-16-15(13-17(18)25-3)19(9-10-23-16)27-21-8-7-20(22)28-21/h5-12,15-16H,4,13-14H2,1-3H3,(H2,29,30,32);7-10,13-14H,4-6,11-12,22H2,1-3H3. The minimum atomic E-state index is -0.391. The normalized spacial score (nSPS) is 11.1. The van der Waals surface area contributed by atoms with E-state index in [1.807, 2.05) is 81.0 Å². The zero-order valence-corrected chi connectivity index (χ0v) is 40.1. The number of aromatic nitrogens is 2. The van der Waals surface area contributed by atoms with E-state index in [0.717, 1.165) is 95.5 Å². The summed E-state index contributed by atoms with van der Waals surface area (Å²) in [5.74, 6) is 2.45. The fraction of sp³-hybridized carbons (Fsp3) is 0.298. The summed E-state index contributed by atoms with van der Waals surface area (Å²) in [6.07, 6.45) is 5.49. The minimum Gasteiger partial charge on any atom is -0.493 e. The summed E-state index contributed by atoms with van der Waals surface area (Å²) in [5, 5.41) is 9.02. The van der Waals surface area contributed by atoms with Gasteiger partial charge in [0.05, 0.1) is 56.9 Å². The van der Waals surface area contributed by atoms with Crippen LogP contribution in [0.2, 0.25) is 0 Å². The molecule has 0 aliphatic rings. The maximum absolute atomic E-state index is 13.1. The van der Waals surface area contributed by atoms with Crippen molar-refractivity contribution in [1.82, 2.24) is 19.8 Å². The number of halogens is 1. The first-order valence-electron chi connectivity index (χ1n) is 20.8. The number of nitrogens with two attached hydrogens (primary N) is 1. The summed E-state index contributed by atoms with van der Waals surface area (Å²) in [5.41, 5.74) is 8.08. The zero-order valence-electron chi connectivity index (χ0n) is 36.8. The van der Waals surface area contributed by atoms with E-state index in [0.29, 0.717) is 35.4 Å². The Labute approximate surface area is 390 Å². The number of amides is 2. The highest BCUT2D eigenvalue weighted by atomic mass is 32.2. The predicted octanol–water partition coefficient (Wildman–Crippen LogP) is 11.7. The van der Waals surface area contributed by atoms with Gasteiger partial charge >= 0.3 is 6.03 Å². The van der Waals surface area contributed by atoms with Crippen LogP contribution < -0.4 is 35.3 Å². The van der Waals surface area contributed by atoms with Crippen molar-refractivity contribution in [3.8, 4) is 23.0 Å². The van der Waals surface area contributed by atoms with E-state index in [-0.39, 0.29) is 5.82 Å². The minimum absolute atomic E-state index is 0.356. The number of nitrogens with zero attached hydrogens (tertiary/aromatic N) is 4. The number of hydrogen-bond acceptors (Lipinski definition) is 14. The molecular formula is C47H54FN7O5S4. The Morgan fingerprint density at radius 3 is 1.77 bits per heavy atom. The first kappa shape index (κ1) is 48.2. The van der Waals surface area contributed by atoms with Gasteiger partial charge in [-0.25, -0.2) is 9.18 Å². The van der Waals surface area contributed by atoms with Crippen molar-refractivity contribution in [2.24, 2.45) is 0 Å². The molecule has 0 atom stereocenters. The van der Waals surface area contributed by atoms with Crippen LogP contribution in [0.15, 0.2) is 116 Å². The molecule has 338 valence electrons. The number of nitrogen functional groups attached to an aromatic ring is 1. The molecular weight excluding hydrogens is 890 g/mol. The van der Waals surface area contributed by atoms with E-state index in [2.05, 4.69) is 44.2 Å². The molecule has 0 saturated heterocycles. The van der Waals surface area contributed by atoms with Gasteiger partial charge in [0.25, 0.3) is 0 Å². The second kappa shape index (κ2) is 24.1. The molecule has 7 rings (SSSR count). The Morgan fingerprint density at radius 1 is 0.703 bits per heavy atom. The van der Waals surface area contributed by atoms with Crippen LogP contribution in [0, 0.1) is 5.82 Å². The monoisotopic (exact) mass is 943 g/mol. The van der Waals surface area contributed by atoms with Crippen molar-refractivity contribution in [2.45, 2.75) is 44.9 Å². The maximum atomic E-state index is 13.1. The van der Waals surface area contributed by atoms with E-state index >= 15 is 0 Å². The molecule has 3 aromatic carbocycles. The van der Waals surface area contributed by atoms with Gasteiger partial charge in [0.15, 0.2) is 23.0 Å². The van der Waals surface area contributed by atoms with Crippen LogP contribution in [0.4, 0.5) is 24.9 Å². The van der Waals surface area contributed by atoms with Crippen LogP contribution in [0.1, 0.15) is 26.7 Å². The first-order chi connectivity index (χ1) is 31.0. The summed E-state index contributed by atoms with van der Waals surface area (Å²) >= 11 is 6.31. The second-order valence-electron chi connectivity index (χ2n) is 14.5. The highest BCUT2D eigenvalue weighted by Gasteiger charge is 2.15. The van der Waals surface area contributed by atoms with Crippen LogP contribution in [0.25, 0.3) is 21.8 Å². The number of pyridine rings is 2. The van der Waals surface area contributed by atoms with Crippen molar-refractivity contribution in [1.29, 1.82) is 0 Å². The van der Waals surface area contributed by atoms with Gasteiger partial charge in [-0.1, -0.05) is 37.4 Å². The first-order valence-corrected chi connectivity index (χ1v) is 24.0. The number of carbonyl (C=O) groups excluding carboxylic acids is 1. The SMILES string of the molecule is CCN(CC)CCCOc1cc2nccc(Sc3ccc(N)s3)c2cc1OC.COc1cc2c(Sc3ccc(NC(=O)Nc4ccc(F)cc4)s3)ccnc2cc1OCCCN(C)C. The number of methoxy groups -OCH3 is 2. The largest absolute Gasteiger partial charge is 0.493 e. The van der Waals surface area contributed by atoms with E-state index in [4.69, 9.17) is 24.7 Å². The van der Waals surface area contributed by atoms with Gasteiger partial charge in [0, 0.05) is 63.9 Å². The lowest BCUT2D eigenvalue weighted by molar-refractivity contribution is 0.243. The van der Waals surface area contributed by atoms with Gasteiger partial charge in [0.1, 0.15) is 5.82 Å². The molecule has 0 aliphatic carbocycles. The fourth-order valence-electron chi connectivity index (χ4n) is 6.41. The Morgan fingerprint density at radius 2 is 1.25 bits per heavy atom. The molecule has 0 fully saturated rings. The Hall–Kier alpha value is -5.30. The number of nitrogens with one attached hydrogen (secondary N) is 2. The molecule has 7 aromatic rings. The molecule has 0 aliphatic heterocycles. The number of thiophene rings is 2. The lowest BCUT2D eigenvalue weighted by Crippen LogP contribution is -2.25. The van der Waals surface area contributed by atoms with Gasteiger partial charge in [0.2, 0.25) is 0 Å². The third-order valence-corrected chi connectivity index (χ3v) is 14.0. The smallest absolute Gasteiger partial charge is 0.324 e. The summed E-state index contributed by atoms with van der Waals surface area (Å²) in [4.78, 5) is 28.0. The highest BCUT2D eigenvalue weighted by Crippen LogP contribution is 2.42. The van der Waals surface area contributed by atoms with Crippen molar-refractivity contribution >= 4 is 89.7 Å². The van der Waals surface area contributed by atoms with Crippen LogP contribution >= 0.6 is 46.2 Å². The average molecular weight is 944 g/mol. The number of fused-ring (bicyclic) bond motifs is 2. The molecule has 0 saturated carbocycles. The molecule has 4 N–H and O–H groups in total. The average Bonchev–Trinajstić information content (AvgIpc) is 3.92. The lowest BCUT2D eigenvalue weighted by atomic mass is 10.2. The molecule has 4 aromatic heterocycles. The number of anilines is 3. The van der Waals surface area contributed by atoms with Gasteiger partial charge in [-0.3, -0.25) is 15.3 Å². The summed E-state index contributed by atoms with van der Waals surface area (Å²) in [6.45, 7) is 9.72. The molecule has 17 heteroatoms. The van der Waals surface area contributed by atoms with E-state index in [1.165, 1.54) is 35.6 Å². The van der Waals surface area contributed by atoms with Crippen LogP contribution in [-0.2, 0) is 0 Å². The van der Waals surface area contributed by atoms with Crippen molar-refractivity contribution in [2.75, 3.05) is 84.1 Å². The number of carbonyl (C=O) groups is 1. The quantitative estimate of drug-likeness (QED) is 0.0628. The second-order valence-corrected chi connectivity index (χ2v) is 19.3. The highest BCUT2D eigenvalue weighted by molar-refractivity contribution is 8.01. The topological polar surface area (TPSA) is 136 Å². The molecule has 64 heavy (non-hydrogen) atoms. The third kappa shape index (κ3) is 13.8. The maximum Gasteiger partial charge on any atom is 0.324 e. The summed E-state index contributed by atoms with van der Waals surface area (Å²) < 4.78 is 38.4. The van der Waals surface area contributed by atoms with Crippen LogP contribution in [-0.4, -0.2) is 93.5 Å². The van der Waals surface area contributed by atoms with E-state index < -0.39 is 6.03 Å². The molecule has 0 unspecified atom stereocenters. The summed E-state index contributed by atoms with van der Waals surface area (Å²) in [6, 6.07) is 24.8. The van der Waals surface area contributed by atoms with E-state index in [9.17, 15) is 9.18 Å². The Bertz CT molecular complexity index is 2590. The molecule has 4 heterocycles. The van der Waals surface area contributed by atoms with Gasteiger partial charge in [-0.15, -0.1) is 22.7 Å². The Kier molecular flexibility index (Phi) is 18.1. The molecule has 2 amide bonds. The van der Waals surface area contributed by atoms with Gasteiger partial charge in [-0.2, -0.15) is 0 Å².